The number of fused-ring (bicyclic) bond motifs is 5. The molecule has 0 atom stereocenters. The van der Waals surface area contributed by atoms with Crippen LogP contribution in [-0.4, -0.2) is 0 Å². The van der Waals surface area contributed by atoms with Gasteiger partial charge >= 0.3 is 0 Å². The zero-order chi connectivity index (χ0) is 22.4. The molecule has 0 nitrogen and oxygen atoms in total. The van der Waals surface area contributed by atoms with Gasteiger partial charge in [-0.3, -0.25) is 0 Å². The largest absolute Gasteiger partial charge is 0.140 e. The molecule has 1 heterocycles. The quantitative estimate of drug-likeness (QED) is 0.258. The van der Waals surface area contributed by atoms with Crippen molar-refractivity contribution in [1.29, 1.82) is 0 Å². The van der Waals surface area contributed by atoms with Crippen molar-refractivity contribution >= 4 is 42.9 Å². The van der Waals surface area contributed by atoms with Gasteiger partial charge in [0, 0.05) is 30.8 Å². The molecule has 160 valence electrons. The molecule has 0 spiro atoms. The lowest BCUT2D eigenvalue weighted by atomic mass is 9.67. The summed E-state index contributed by atoms with van der Waals surface area (Å²) >= 11 is 5.96. The highest BCUT2D eigenvalue weighted by Gasteiger charge is 2.44. The second-order valence-electron chi connectivity index (χ2n) is 10.0. The molecule has 0 radical (unpaired) electrons. The van der Waals surface area contributed by atoms with Crippen LogP contribution in [-0.2, 0) is 6.42 Å². The van der Waals surface area contributed by atoms with Crippen LogP contribution >= 0.6 is 27.3 Å². The van der Waals surface area contributed by atoms with Gasteiger partial charge in [-0.1, -0.05) is 68.0 Å². The molecule has 0 amide bonds. The summed E-state index contributed by atoms with van der Waals surface area (Å²) in [6.45, 7) is 11.8. The molecule has 0 N–H and O–H groups in total. The molecule has 4 aromatic rings. The molecule has 32 heavy (non-hydrogen) atoms. The molecule has 0 aliphatic heterocycles. The van der Waals surface area contributed by atoms with E-state index in [2.05, 4.69) is 105 Å². The van der Waals surface area contributed by atoms with Crippen molar-refractivity contribution in [3.05, 3.63) is 97.3 Å². The number of benzene rings is 3. The highest BCUT2D eigenvalue weighted by Crippen LogP contribution is 2.60. The average molecular weight is 500 g/mol. The summed E-state index contributed by atoms with van der Waals surface area (Å²) in [5.41, 5.74) is 13.1. The molecule has 2 heteroatoms. The van der Waals surface area contributed by atoms with Crippen LogP contribution < -0.4 is 0 Å². The van der Waals surface area contributed by atoms with Crippen molar-refractivity contribution < 1.29 is 0 Å². The zero-order valence-electron chi connectivity index (χ0n) is 19.3. The van der Waals surface area contributed by atoms with Crippen LogP contribution in [0.5, 0.6) is 0 Å². The van der Waals surface area contributed by atoms with E-state index in [-0.39, 0.29) is 5.41 Å². The Morgan fingerprint density at radius 1 is 0.875 bits per heavy atom. The van der Waals surface area contributed by atoms with Crippen molar-refractivity contribution in [2.45, 2.75) is 47.0 Å². The number of rotatable bonds is 2. The molecule has 0 fully saturated rings. The van der Waals surface area contributed by atoms with E-state index in [1.54, 1.807) is 0 Å². The SMILES string of the molecule is CC1=C(C(C)(C)C2c3ccccc3-c3ccccc32)c2cc3sc(C)c(C)c3c(Br)c2C1. The van der Waals surface area contributed by atoms with Crippen molar-refractivity contribution in [2.24, 2.45) is 5.41 Å². The second kappa shape index (κ2) is 6.92. The number of aryl methyl sites for hydroxylation is 2. The first-order valence-electron chi connectivity index (χ1n) is 11.4. The molecular formula is C30H27BrS. The fraction of sp³-hybridized carbons (Fsp3) is 0.267. The average Bonchev–Trinajstić information content (AvgIpc) is 3.38. The molecule has 3 aromatic carbocycles. The van der Waals surface area contributed by atoms with Crippen LogP contribution in [0.2, 0.25) is 0 Å². The predicted molar refractivity (Wildman–Crippen MR) is 143 cm³/mol. The van der Waals surface area contributed by atoms with Crippen LogP contribution in [0.1, 0.15) is 59.4 Å². The summed E-state index contributed by atoms with van der Waals surface area (Å²) in [6, 6.07) is 20.5. The molecule has 2 aliphatic carbocycles. The summed E-state index contributed by atoms with van der Waals surface area (Å²) in [4.78, 5) is 1.42. The molecule has 6 rings (SSSR count). The van der Waals surface area contributed by atoms with Gasteiger partial charge in [0.1, 0.15) is 0 Å². The Balaban J connectivity index is 1.59. The minimum atomic E-state index is -0.0213. The van der Waals surface area contributed by atoms with Crippen molar-refractivity contribution in [2.75, 3.05) is 0 Å². The molecule has 0 bridgehead atoms. The van der Waals surface area contributed by atoms with Crippen LogP contribution in [0.25, 0.3) is 26.8 Å². The molecular weight excluding hydrogens is 472 g/mol. The monoisotopic (exact) mass is 498 g/mol. The summed E-state index contributed by atoms with van der Waals surface area (Å²) in [5.74, 6) is 0.354. The van der Waals surface area contributed by atoms with Gasteiger partial charge in [0.05, 0.1) is 0 Å². The van der Waals surface area contributed by atoms with Gasteiger partial charge in [-0.15, -0.1) is 11.3 Å². The summed E-state index contributed by atoms with van der Waals surface area (Å²) < 4.78 is 2.71. The minimum Gasteiger partial charge on any atom is -0.140 e. The van der Waals surface area contributed by atoms with Gasteiger partial charge in [0.15, 0.2) is 0 Å². The van der Waals surface area contributed by atoms with Crippen LogP contribution in [0, 0.1) is 19.3 Å². The molecule has 2 aliphatic rings. The Labute approximate surface area is 203 Å². The molecule has 0 saturated carbocycles. The summed E-state index contributed by atoms with van der Waals surface area (Å²) in [7, 11) is 0. The molecule has 0 saturated heterocycles. The van der Waals surface area contributed by atoms with Crippen LogP contribution in [0.3, 0.4) is 0 Å². The highest BCUT2D eigenvalue weighted by molar-refractivity contribution is 9.10. The van der Waals surface area contributed by atoms with Gasteiger partial charge in [0.2, 0.25) is 0 Å². The molecule has 0 unspecified atom stereocenters. The van der Waals surface area contributed by atoms with E-state index in [1.165, 1.54) is 69.5 Å². The van der Waals surface area contributed by atoms with Gasteiger partial charge in [0.25, 0.3) is 0 Å². The second-order valence-corrected chi connectivity index (χ2v) is 12.1. The van der Waals surface area contributed by atoms with E-state index in [9.17, 15) is 0 Å². The van der Waals surface area contributed by atoms with Crippen molar-refractivity contribution in [3.63, 3.8) is 0 Å². The number of hydrogen-bond acceptors (Lipinski definition) is 1. The third-order valence-electron chi connectivity index (χ3n) is 7.84. The number of thiophene rings is 1. The number of allylic oxidation sites excluding steroid dienone is 2. The third-order valence-corrected chi connectivity index (χ3v) is 9.86. The standard InChI is InChI=1S/C30H27BrS/c1-16-14-24-23(15-25-26(29(24)31)17(2)18(3)32-25)27(16)30(4,5)28-21-12-8-6-10-19(21)20-11-7-9-13-22(20)28/h6-13,15,28H,14H2,1-5H3. The van der Waals surface area contributed by atoms with Gasteiger partial charge in [-0.05, 0) is 93.7 Å². The van der Waals surface area contributed by atoms with Gasteiger partial charge in [-0.2, -0.15) is 0 Å². The normalized spacial score (nSPS) is 15.4. The predicted octanol–water partition coefficient (Wildman–Crippen LogP) is 9.45. The fourth-order valence-corrected chi connectivity index (χ4v) is 8.58. The first-order chi connectivity index (χ1) is 15.3. The van der Waals surface area contributed by atoms with E-state index < -0.39 is 0 Å². The van der Waals surface area contributed by atoms with E-state index >= 15 is 0 Å². The minimum absolute atomic E-state index is 0.0213. The topological polar surface area (TPSA) is 0 Å². The maximum atomic E-state index is 4.03. The Kier molecular flexibility index (Phi) is 4.42. The van der Waals surface area contributed by atoms with E-state index in [1.807, 2.05) is 11.3 Å². The molecule has 1 aromatic heterocycles. The first-order valence-corrected chi connectivity index (χ1v) is 13.0. The third kappa shape index (κ3) is 2.60. The fourth-order valence-electron chi connectivity index (χ4n) is 6.47. The van der Waals surface area contributed by atoms with Crippen LogP contribution in [0.15, 0.2) is 64.6 Å². The van der Waals surface area contributed by atoms with Crippen molar-refractivity contribution in [3.8, 4) is 11.1 Å². The lowest BCUT2D eigenvalue weighted by Gasteiger charge is -2.36. The lowest BCUT2D eigenvalue weighted by Crippen LogP contribution is -2.24. The Hall–Kier alpha value is -2.16. The summed E-state index contributed by atoms with van der Waals surface area (Å²) in [6.07, 6.45) is 1.04. The zero-order valence-corrected chi connectivity index (χ0v) is 21.7. The highest BCUT2D eigenvalue weighted by atomic mass is 79.9. The van der Waals surface area contributed by atoms with E-state index in [0.717, 1.165) is 6.42 Å². The smallest absolute Gasteiger partial charge is 0.0365 e. The maximum absolute atomic E-state index is 4.03. The van der Waals surface area contributed by atoms with Crippen molar-refractivity contribution in [1.82, 2.24) is 0 Å². The number of hydrogen-bond donors (Lipinski definition) is 0. The first kappa shape index (κ1) is 20.4. The Bertz CT molecular complexity index is 1420. The van der Waals surface area contributed by atoms with Gasteiger partial charge in [-0.25, -0.2) is 0 Å². The lowest BCUT2D eigenvalue weighted by molar-refractivity contribution is 0.440. The van der Waals surface area contributed by atoms with Crippen LogP contribution in [0.4, 0.5) is 0 Å². The number of halogens is 1. The Morgan fingerprint density at radius 2 is 1.47 bits per heavy atom. The Morgan fingerprint density at radius 3 is 2.09 bits per heavy atom. The summed E-state index contributed by atoms with van der Waals surface area (Å²) in [5, 5.41) is 1.41. The van der Waals surface area contributed by atoms with E-state index in [4.69, 9.17) is 0 Å². The van der Waals surface area contributed by atoms with Gasteiger partial charge < -0.3 is 0 Å². The van der Waals surface area contributed by atoms with E-state index in [0.29, 0.717) is 5.92 Å². The maximum Gasteiger partial charge on any atom is 0.0365 e.